The fourth-order valence-corrected chi connectivity index (χ4v) is 2.80. The van der Waals surface area contributed by atoms with Crippen molar-refractivity contribution in [3.05, 3.63) is 29.8 Å². The van der Waals surface area contributed by atoms with Crippen LogP contribution in [0.15, 0.2) is 24.3 Å². The molecule has 2 rings (SSSR count). The van der Waals surface area contributed by atoms with Gasteiger partial charge in [-0.05, 0) is 30.7 Å². The first kappa shape index (κ1) is 18.3. The third kappa shape index (κ3) is 5.54. The number of carbonyl (C=O) groups excluding carboxylic acids is 1. The predicted molar refractivity (Wildman–Crippen MR) is 94.0 cm³/mol. The molecule has 0 atom stereocenters. The lowest BCUT2D eigenvalue weighted by Crippen LogP contribution is -2.48. The number of nitriles is 1. The lowest BCUT2D eigenvalue weighted by atomic mass is 10.1. The summed E-state index contributed by atoms with van der Waals surface area (Å²) in [6, 6.07) is 9.62. The van der Waals surface area contributed by atoms with Gasteiger partial charge in [0, 0.05) is 44.7 Å². The summed E-state index contributed by atoms with van der Waals surface area (Å²) in [7, 11) is 0. The number of rotatable bonds is 8. The Bertz CT molecular complexity index is 543. The van der Waals surface area contributed by atoms with Crippen molar-refractivity contribution < 1.29 is 9.53 Å². The Morgan fingerprint density at radius 2 is 1.88 bits per heavy atom. The number of ether oxygens (including phenoxy) is 1. The molecule has 1 heterocycles. The second-order valence-electron chi connectivity index (χ2n) is 6.12. The van der Waals surface area contributed by atoms with Crippen LogP contribution in [0, 0.1) is 11.3 Å². The topological polar surface area (TPSA) is 56.6 Å². The standard InChI is InChI=1S/C19H27N3O2/c1-2-3-4-16-24-18-8-6-17(7-9-18)19(23)22-14-12-21(13-15-22)11-5-10-20/h6-9H,2-5,11-16H2,1H3. The number of carbonyl (C=O) groups is 1. The van der Waals surface area contributed by atoms with Crippen LogP contribution in [-0.2, 0) is 0 Å². The molecular formula is C19H27N3O2. The molecule has 1 fully saturated rings. The van der Waals surface area contributed by atoms with Gasteiger partial charge < -0.3 is 9.64 Å². The van der Waals surface area contributed by atoms with Crippen LogP contribution in [0.5, 0.6) is 5.75 Å². The molecule has 5 heteroatoms. The molecule has 0 saturated carbocycles. The third-order valence-electron chi connectivity index (χ3n) is 4.32. The zero-order valence-electron chi connectivity index (χ0n) is 14.5. The second-order valence-corrected chi connectivity index (χ2v) is 6.12. The number of unbranched alkanes of at least 4 members (excludes halogenated alkanes) is 2. The van der Waals surface area contributed by atoms with E-state index in [1.807, 2.05) is 29.2 Å². The first-order chi connectivity index (χ1) is 11.7. The molecule has 0 radical (unpaired) electrons. The Balaban J connectivity index is 1.79. The summed E-state index contributed by atoms with van der Waals surface area (Å²) in [4.78, 5) is 16.7. The number of piperazine rings is 1. The SMILES string of the molecule is CCCCCOc1ccc(C(=O)N2CCN(CCC#N)CC2)cc1. The first-order valence-electron chi connectivity index (χ1n) is 8.86. The van der Waals surface area contributed by atoms with Crippen molar-refractivity contribution in [3.63, 3.8) is 0 Å². The van der Waals surface area contributed by atoms with E-state index in [4.69, 9.17) is 10.00 Å². The molecular weight excluding hydrogens is 302 g/mol. The molecule has 1 amide bonds. The molecule has 1 aromatic rings. The largest absolute Gasteiger partial charge is 0.494 e. The monoisotopic (exact) mass is 329 g/mol. The van der Waals surface area contributed by atoms with Gasteiger partial charge in [0.05, 0.1) is 12.7 Å². The molecule has 0 bridgehead atoms. The molecule has 1 aliphatic rings. The number of hydrogen-bond donors (Lipinski definition) is 0. The third-order valence-corrected chi connectivity index (χ3v) is 4.32. The fourth-order valence-electron chi connectivity index (χ4n) is 2.80. The summed E-state index contributed by atoms with van der Waals surface area (Å²) >= 11 is 0. The summed E-state index contributed by atoms with van der Waals surface area (Å²) in [5.41, 5.74) is 0.710. The highest BCUT2D eigenvalue weighted by molar-refractivity contribution is 5.94. The highest BCUT2D eigenvalue weighted by Crippen LogP contribution is 2.15. The molecule has 0 aromatic heterocycles. The van der Waals surface area contributed by atoms with E-state index in [0.717, 1.165) is 51.5 Å². The molecule has 0 aliphatic carbocycles. The van der Waals surface area contributed by atoms with Gasteiger partial charge in [0.2, 0.25) is 0 Å². The fraction of sp³-hybridized carbons (Fsp3) is 0.579. The molecule has 130 valence electrons. The van der Waals surface area contributed by atoms with Gasteiger partial charge in [-0.3, -0.25) is 9.69 Å². The minimum absolute atomic E-state index is 0.0764. The van der Waals surface area contributed by atoms with Gasteiger partial charge >= 0.3 is 0 Å². The lowest BCUT2D eigenvalue weighted by Gasteiger charge is -2.34. The number of hydrogen-bond acceptors (Lipinski definition) is 4. The number of nitrogens with zero attached hydrogens (tertiary/aromatic N) is 3. The molecule has 0 unspecified atom stereocenters. The summed E-state index contributed by atoms with van der Waals surface area (Å²) in [5.74, 6) is 0.899. The normalized spacial score (nSPS) is 15.1. The quantitative estimate of drug-likeness (QED) is 0.688. The maximum atomic E-state index is 12.5. The van der Waals surface area contributed by atoms with E-state index in [2.05, 4.69) is 17.9 Å². The Hall–Kier alpha value is -2.06. The second kappa shape index (κ2) is 9.94. The van der Waals surface area contributed by atoms with Crippen molar-refractivity contribution in [3.8, 4) is 11.8 Å². The minimum Gasteiger partial charge on any atom is -0.494 e. The molecule has 1 saturated heterocycles. The van der Waals surface area contributed by atoms with E-state index in [1.165, 1.54) is 12.8 Å². The summed E-state index contributed by atoms with van der Waals surface area (Å²) in [6.07, 6.45) is 3.97. The molecule has 0 spiro atoms. The van der Waals surface area contributed by atoms with Crippen molar-refractivity contribution in [1.29, 1.82) is 5.26 Å². The van der Waals surface area contributed by atoms with Crippen molar-refractivity contribution in [2.75, 3.05) is 39.3 Å². The smallest absolute Gasteiger partial charge is 0.253 e. The van der Waals surface area contributed by atoms with Crippen LogP contribution in [0.4, 0.5) is 0 Å². The van der Waals surface area contributed by atoms with Crippen LogP contribution in [0.3, 0.4) is 0 Å². The molecule has 0 N–H and O–H groups in total. The van der Waals surface area contributed by atoms with E-state index < -0.39 is 0 Å². The molecule has 1 aliphatic heterocycles. The van der Waals surface area contributed by atoms with Gasteiger partial charge in [0.1, 0.15) is 5.75 Å². The van der Waals surface area contributed by atoms with E-state index >= 15 is 0 Å². The van der Waals surface area contributed by atoms with Gasteiger partial charge in [-0.25, -0.2) is 0 Å². The van der Waals surface area contributed by atoms with Crippen LogP contribution in [0.25, 0.3) is 0 Å². The maximum Gasteiger partial charge on any atom is 0.253 e. The van der Waals surface area contributed by atoms with Crippen molar-refractivity contribution in [1.82, 2.24) is 9.80 Å². The zero-order chi connectivity index (χ0) is 17.2. The van der Waals surface area contributed by atoms with Gasteiger partial charge in [0.15, 0.2) is 0 Å². The Kier molecular flexibility index (Phi) is 7.57. The average Bonchev–Trinajstić information content (AvgIpc) is 2.64. The molecule has 1 aromatic carbocycles. The Morgan fingerprint density at radius 3 is 2.50 bits per heavy atom. The van der Waals surface area contributed by atoms with Crippen molar-refractivity contribution >= 4 is 5.91 Å². The highest BCUT2D eigenvalue weighted by Gasteiger charge is 2.21. The Labute approximate surface area is 144 Å². The van der Waals surface area contributed by atoms with Gasteiger partial charge in [0.25, 0.3) is 5.91 Å². The van der Waals surface area contributed by atoms with E-state index in [0.29, 0.717) is 12.0 Å². The zero-order valence-corrected chi connectivity index (χ0v) is 14.5. The van der Waals surface area contributed by atoms with Crippen LogP contribution >= 0.6 is 0 Å². The summed E-state index contributed by atoms with van der Waals surface area (Å²) in [5, 5.41) is 8.64. The maximum absolute atomic E-state index is 12.5. The number of amides is 1. The van der Waals surface area contributed by atoms with Gasteiger partial charge in [-0.2, -0.15) is 5.26 Å². The predicted octanol–water partition coefficient (Wildman–Crippen LogP) is 2.93. The first-order valence-corrected chi connectivity index (χ1v) is 8.86. The van der Waals surface area contributed by atoms with E-state index in [-0.39, 0.29) is 5.91 Å². The number of benzene rings is 1. The van der Waals surface area contributed by atoms with Crippen molar-refractivity contribution in [2.45, 2.75) is 32.6 Å². The van der Waals surface area contributed by atoms with Crippen molar-refractivity contribution in [2.24, 2.45) is 0 Å². The van der Waals surface area contributed by atoms with E-state index in [9.17, 15) is 4.79 Å². The summed E-state index contributed by atoms with van der Waals surface area (Å²) in [6.45, 7) is 6.81. The molecule has 5 nitrogen and oxygen atoms in total. The van der Waals surface area contributed by atoms with E-state index in [1.54, 1.807) is 0 Å². The lowest BCUT2D eigenvalue weighted by molar-refractivity contribution is 0.0639. The van der Waals surface area contributed by atoms with Crippen LogP contribution in [-0.4, -0.2) is 55.0 Å². The van der Waals surface area contributed by atoms with Crippen LogP contribution in [0.1, 0.15) is 43.0 Å². The summed E-state index contributed by atoms with van der Waals surface area (Å²) < 4.78 is 5.68. The van der Waals surface area contributed by atoms with Crippen LogP contribution in [0.2, 0.25) is 0 Å². The highest BCUT2D eigenvalue weighted by atomic mass is 16.5. The van der Waals surface area contributed by atoms with Gasteiger partial charge in [-0.15, -0.1) is 0 Å². The van der Waals surface area contributed by atoms with Gasteiger partial charge in [-0.1, -0.05) is 19.8 Å². The Morgan fingerprint density at radius 1 is 1.17 bits per heavy atom. The van der Waals surface area contributed by atoms with Crippen LogP contribution < -0.4 is 4.74 Å². The average molecular weight is 329 g/mol. The molecule has 24 heavy (non-hydrogen) atoms. The minimum atomic E-state index is 0.0764.